The summed E-state index contributed by atoms with van der Waals surface area (Å²) in [6, 6.07) is 6.73. The van der Waals surface area contributed by atoms with Crippen LogP contribution in [0.15, 0.2) is 30.5 Å². The van der Waals surface area contributed by atoms with Gasteiger partial charge >= 0.3 is 0 Å². The van der Waals surface area contributed by atoms with Crippen LogP contribution in [-0.4, -0.2) is 21.5 Å². The molecule has 0 saturated heterocycles. The number of benzene rings is 1. The maximum atomic E-state index is 12.1. The van der Waals surface area contributed by atoms with Crippen molar-refractivity contribution in [2.45, 2.75) is 20.4 Å². The van der Waals surface area contributed by atoms with Crippen LogP contribution >= 0.6 is 0 Å². The lowest BCUT2D eigenvalue weighted by molar-refractivity contribution is 0.100. The van der Waals surface area contributed by atoms with Crippen molar-refractivity contribution in [2.75, 3.05) is 11.1 Å². The number of hydrogen-bond donors (Lipinski definition) is 2. The van der Waals surface area contributed by atoms with Crippen molar-refractivity contribution in [1.82, 2.24) is 9.78 Å². The van der Waals surface area contributed by atoms with E-state index in [1.165, 1.54) is 6.92 Å². The van der Waals surface area contributed by atoms with Gasteiger partial charge in [-0.05, 0) is 26.0 Å². The van der Waals surface area contributed by atoms with Crippen molar-refractivity contribution in [3.8, 4) is 0 Å². The molecule has 0 aliphatic carbocycles. The Kier molecular flexibility index (Phi) is 3.84. The van der Waals surface area contributed by atoms with Crippen LogP contribution in [0.3, 0.4) is 0 Å². The third-order valence-corrected chi connectivity index (χ3v) is 2.86. The first-order valence-electron chi connectivity index (χ1n) is 6.26. The smallest absolute Gasteiger partial charge is 0.278 e. The summed E-state index contributed by atoms with van der Waals surface area (Å²) in [7, 11) is 0. The van der Waals surface area contributed by atoms with E-state index in [-0.39, 0.29) is 11.5 Å². The predicted octanol–water partition coefficient (Wildman–Crippen LogP) is 1.94. The summed E-state index contributed by atoms with van der Waals surface area (Å²) in [6.07, 6.45) is 1.61. The quantitative estimate of drug-likeness (QED) is 0.832. The largest absolute Gasteiger partial charge is 0.396 e. The summed E-state index contributed by atoms with van der Waals surface area (Å²) in [5.41, 5.74) is 7.33. The molecule has 2 rings (SSSR count). The fraction of sp³-hybridized carbons (Fsp3) is 0.214. The van der Waals surface area contributed by atoms with E-state index in [9.17, 15) is 9.59 Å². The average Bonchev–Trinajstić information content (AvgIpc) is 2.80. The number of ketones is 1. The molecule has 0 atom stereocenters. The van der Waals surface area contributed by atoms with Gasteiger partial charge in [0.05, 0.1) is 5.69 Å². The number of hydrogen-bond acceptors (Lipinski definition) is 4. The maximum Gasteiger partial charge on any atom is 0.278 e. The highest BCUT2D eigenvalue weighted by Crippen LogP contribution is 2.15. The lowest BCUT2D eigenvalue weighted by Gasteiger charge is -2.05. The molecule has 0 aliphatic rings. The molecule has 0 radical (unpaired) electrons. The van der Waals surface area contributed by atoms with E-state index in [4.69, 9.17) is 5.73 Å². The van der Waals surface area contributed by atoms with Gasteiger partial charge in [-0.3, -0.25) is 14.3 Å². The second-order valence-corrected chi connectivity index (χ2v) is 4.38. The molecule has 6 heteroatoms. The predicted molar refractivity (Wildman–Crippen MR) is 76.7 cm³/mol. The lowest BCUT2D eigenvalue weighted by atomic mass is 10.1. The van der Waals surface area contributed by atoms with Crippen LogP contribution < -0.4 is 11.1 Å². The zero-order valence-electron chi connectivity index (χ0n) is 11.4. The Bertz CT molecular complexity index is 661. The Hall–Kier alpha value is -2.63. The number of amides is 1. The molecule has 0 spiro atoms. The van der Waals surface area contributed by atoms with Crippen LogP contribution in [0.25, 0.3) is 0 Å². The summed E-state index contributed by atoms with van der Waals surface area (Å²) >= 11 is 0. The molecule has 1 aromatic heterocycles. The van der Waals surface area contributed by atoms with Crippen LogP contribution in [0.2, 0.25) is 0 Å². The van der Waals surface area contributed by atoms with Crippen molar-refractivity contribution in [1.29, 1.82) is 0 Å². The summed E-state index contributed by atoms with van der Waals surface area (Å²) < 4.78 is 1.59. The third-order valence-electron chi connectivity index (χ3n) is 2.86. The number of nitrogens with one attached hydrogen (secondary N) is 1. The number of aryl methyl sites for hydroxylation is 1. The van der Waals surface area contributed by atoms with Crippen molar-refractivity contribution in [3.63, 3.8) is 0 Å². The van der Waals surface area contributed by atoms with Gasteiger partial charge in [0, 0.05) is 24.0 Å². The van der Waals surface area contributed by atoms with Gasteiger partial charge in [-0.15, -0.1) is 0 Å². The first kappa shape index (κ1) is 13.8. The topological polar surface area (TPSA) is 90.0 Å². The van der Waals surface area contributed by atoms with E-state index in [0.29, 0.717) is 23.5 Å². The Balaban J connectivity index is 2.21. The number of Topliss-reactive ketones (excluding diaryl/α,β-unsaturated/α-hetero) is 1. The first-order valence-corrected chi connectivity index (χ1v) is 6.26. The van der Waals surface area contributed by atoms with Gasteiger partial charge in [-0.25, -0.2) is 0 Å². The summed E-state index contributed by atoms with van der Waals surface area (Å²) in [5, 5.41) is 6.78. The number of carbonyl (C=O) groups is 2. The Morgan fingerprint density at radius 3 is 2.75 bits per heavy atom. The van der Waals surface area contributed by atoms with E-state index < -0.39 is 5.91 Å². The molecule has 1 amide bonds. The number of nitrogens with two attached hydrogens (primary N) is 1. The summed E-state index contributed by atoms with van der Waals surface area (Å²) in [4.78, 5) is 23.4. The first-order chi connectivity index (χ1) is 9.51. The highest BCUT2D eigenvalue weighted by molar-refractivity contribution is 6.06. The zero-order valence-corrected chi connectivity index (χ0v) is 11.4. The number of nitrogens with zero attached hydrogens (tertiary/aromatic N) is 2. The molecular weight excluding hydrogens is 256 g/mol. The molecule has 1 heterocycles. The Morgan fingerprint density at radius 1 is 1.40 bits per heavy atom. The summed E-state index contributed by atoms with van der Waals surface area (Å²) in [5.74, 6) is -0.453. The number of anilines is 2. The monoisotopic (exact) mass is 272 g/mol. The highest BCUT2D eigenvalue weighted by Gasteiger charge is 2.15. The normalized spacial score (nSPS) is 10.3. The van der Waals surface area contributed by atoms with Gasteiger partial charge in [-0.1, -0.05) is 12.1 Å². The number of aromatic nitrogens is 2. The van der Waals surface area contributed by atoms with E-state index >= 15 is 0 Å². The second kappa shape index (κ2) is 5.56. The zero-order chi connectivity index (χ0) is 14.7. The fourth-order valence-electron chi connectivity index (χ4n) is 1.78. The van der Waals surface area contributed by atoms with E-state index in [0.717, 1.165) is 0 Å². The number of nitrogen functional groups attached to an aromatic ring is 1. The van der Waals surface area contributed by atoms with Gasteiger partial charge in [0.25, 0.3) is 5.91 Å². The molecule has 3 N–H and O–H groups in total. The van der Waals surface area contributed by atoms with Gasteiger partial charge in [-0.2, -0.15) is 5.10 Å². The molecule has 2 aromatic rings. The molecule has 0 fully saturated rings. The molecule has 0 bridgehead atoms. The molecule has 20 heavy (non-hydrogen) atoms. The second-order valence-electron chi connectivity index (χ2n) is 4.38. The van der Waals surface area contributed by atoms with E-state index in [1.807, 2.05) is 6.92 Å². The number of carbonyl (C=O) groups excluding carboxylic acids is 2. The van der Waals surface area contributed by atoms with Gasteiger partial charge in [0.1, 0.15) is 0 Å². The van der Waals surface area contributed by atoms with Crippen LogP contribution in [-0.2, 0) is 6.54 Å². The average molecular weight is 272 g/mol. The number of rotatable bonds is 4. The lowest BCUT2D eigenvalue weighted by Crippen LogP contribution is -2.15. The van der Waals surface area contributed by atoms with Crippen LogP contribution in [0.1, 0.15) is 34.7 Å². The van der Waals surface area contributed by atoms with Gasteiger partial charge < -0.3 is 11.1 Å². The third kappa shape index (κ3) is 2.85. The highest BCUT2D eigenvalue weighted by atomic mass is 16.2. The van der Waals surface area contributed by atoms with Gasteiger partial charge in [0.2, 0.25) is 0 Å². The van der Waals surface area contributed by atoms with Gasteiger partial charge in [0.15, 0.2) is 11.5 Å². The molecule has 0 unspecified atom stereocenters. The molecule has 0 aliphatic heterocycles. The minimum Gasteiger partial charge on any atom is -0.396 e. The molecule has 104 valence electrons. The standard InChI is InChI=1S/C14H16N4O2/c1-3-18-8-12(15)13(17-18)14(20)16-11-6-4-5-10(7-11)9(2)19/h4-8H,3,15H2,1-2H3,(H,16,20). The Morgan fingerprint density at radius 2 is 2.15 bits per heavy atom. The Labute approximate surface area is 116 Å². The van der Waals surface area contributed by atoms with Crippen molar-refractivity contribution in [2.24, 2.45) is 0 Å². The van der Waals surface area contributed by atoms with Crippen molar-refractivity contribution in [3.05, 3.63) is 41.7 Å². The van der Waals surface area contributed by atoms with Crippen molar-refractivity contribution >= 4 is 23.1 Å². The van der Waals surface area contributed by atoms with Crippen LogP contribution in [0.5, 0.6) is 0 Å². The van der Waals surface area contributed by atoms with Crippen LogP contribution in [0, 0.1) is 0 Å². The van der Waals surface area contributed by atoms with Crippen LogP contribution in [0.4, 0.5) is 11.4 Å². The molecular formula is C14H16N4O2. The fourth-order valence-corrected chi connectivity index (χ4v) is 1.78. The molecule has 6 nitrogen and oxygen atoms in total. The van der Waals surface area contributed by atoms with Crippen molar-refractivity contribution < 1.29 is 9.59 Å². The minimum atomic E-state index is -0.393. The minimum absolute atomic E-state index is 0.0594. The van der Waals surface area contributed by atoms with E-state index in [2.05, 4.69) is 10.4 Å². The maximum absolute atomic E-state index is 12.1. The van der Waals surface area contributed by atoms with E-state index in [1.54, 1.807) is 35.1 Å². The molecule has 1 aromatic carbocycles. The summed E-state index contributed by atoms with van der Waals surface area (Å²) in [6.45, 7) is 4.02. The molecule has 0 saturated carbocycles. The SMILES string of the molecule is CCn1cc(N)c(C(=O)Nc2cccc(C(C)=O)c2)n1.